The van der Waals surface area contributed by atoms with Crippen molar-refractivity contribution in [1.82, 2.24) is 10.2 Å². The number of nitrogens with zero attached hydrogens (tertiary/aromatic N) is 2. The molecule has 1 unspecified atom stereocenters. The van der Waals surface area contributed by atoms with Gasteiger partial charge in [-0.2, -0.15) is 0 Å². The van der Waals surface area contributed by atoms with E-state index in [4.69, 9.17) is 0 Å². The van der Waals surface area contributed by atoms with Gasteiger partial charge < -0.3 is 10.2 Å². The predicted molar refractivity (Wildman–Crippen MR) is 142 cm³/mol. The van der Waals surface area contributed by atoms with Crippen molar-refractivity contribution in [2.75, 3.05) is 30.2 Å². The van der Waals surface area contributed by atoms with E-state index in [9.17, 15) is 18.0 Å². The summed E-state index contributed by atoms with van der Waals surface area (Å²) >= 11 is 0. The predicted octanol–water partition coefficient (Wildman–Crippen LogP) is 3.69. The third-order valence-electron chi connectivity index (χ3n) is 6.08. The van der Waals surface area contributed by atoms with Crippen LogP contribution in [-0.2, 0) is 26.0 Å². The zero-order valence-electron chi connectivity index (χ0n) is 21.7. The molecule has 8 heteroatoms. The van der Waals surface area contributed by atoms with E-state index < -0.39 is 22.0 Å². The molecule has 2 aromatic rings. The zero-order chi connectivity index (χ0) is 26.2. The molecule has 35 heavy (non-hydrogen) atoms. The summed E-state index contributed by atoms with van der Waals surface area (Å²) in [6, 6.07) is 14.4. The van der Waals surface area contributed by atoms with Gasteiger partial charge in [-0.25, -0.2) is 8.42 Å². The van der Waals surface area contributed by atoms with Crippen LogP contribution in [0, 0.1) is 19.8 Å². The Morgan fingerprint density at radius 1 is 1.00 bits per heavy atom. The molecule has 0 aliphatic heterocycles. The van der Waals surface area contributed by atoms with E-state index in [1.54, 1.807) is 12.1 Å². The highest BCUT2D eigenvalue weighted by Crippen LogP contribution is 2.25. The highest BCUT2D eigenvalue weighted by molar-refractivity contribution is 7.92. The van der Waals surface area contributed by atoms with Gasteiger partial charge in [-0.3, -0.25) is 13.9 Å². The van der Waals surface area contributed by atoms with Gasteiger partial charge >= 0.3 is 0 Å². The monoisotopic (exact) mass is 501 g/mol. The maximum atomic E-state index is 13.7. The van der Waals surface area contributed by atoms with Gasteiger partial charge in [0.25, 0.3) is 0 Å². The van der Waals surface area contributed by atoms with Crippen LogP contribution in [0.5, 0.6) is 0 Å². The van der Waals surface area contributed by atoms with Gasteiger partial charge in [-0.05, 0) is 55.4 Å². The Hall–Kier alpha value is -2.87. The lowest BCUT2D eigenvalue weighted by Gasteiger charge is -2.33. The second kappa shape index (κ2) is 12.7. The lowest BCUT2D eigenvalue weighted by atomic mass is 10.1. The van der Waals surface area contributed by atoms with Gasteiger partial charge in [0, 0.05) is 13.1 Å². The SMILES string of the molecule is CCC(C(=O)NCC(C)C)N(CCc1ccccc1)C(=O)CN(c1cccc(C)c1C)S(C)(=O)=O. The Balaban J connectivity index is 2.39. The first-order chi connectivity index (χ1) is 16.5. The molecule has 2 rings (SSSR count). The molecule has 0 aliphatic rings. The Labute approximate surface area is 210 Å². The smallest absolute Gasteiger partial charge is 0.244 e. The molecule has 0 radical (unpaired) electrons. The number of aryl methyl sites for hydroxylation is 1. The molecule has 0 aromatic heterocycles. The van der Waals surface area contributed by atoms with E-state index in [1.807, 2.05) is 71.0 Å². The molecule has 0 heterocycles. The minimum atomic E-state index is -3.74. The molecular weight excluding hydrogens is 462 g/mol. The van der Waals surface area contributed by atoms with Crippen LogP contribution >= 0.6 is 0 Å². The average molecular weight is 502 g/mol. The largest absolute Gasteiger partial charge is 0.354 e. The average Bonchev–Trinajstić information content (AvgIpc) is 2.80. The lowest BCUT2D eigenvalue weighted by molar-refractivity contribution is -0.139. The number of benzene rings is 2. The van der Waals surface area contributed by atoms with E-state index in [2.05, 4.69) is 5.32 Å². The molecule has 1 N–H and O–H groups in total. The third kappa shape index (κ3) is 8.09. The van der Waals surface area contributed by atoms with Gasteiger partial charge in [-0.1, -0.05) is 63.2 Å². The fraction of sp³-hybridized carbons (Fsp3) is 0.481. The van der Waals surface area contributed by atoms with Gasteiger partial charge in [0.15, 0.2) is 0 Å². The number of carbonyl (C=O) groups excluding carboxylic acids is 2. The van der Waals surface area contributed by atoms with Gasteiger partial charge in [0.05, 0.1) is 11.9 Å². The molecule has 192 valence electrons. The summed E-state index contributed by atoms with van der Waals surface area (Å²) in [5, 5.41) is 2.93. The highest BCUT2D eigenvalue weighted by Gasteiger charge is 2.31. The number of carbonyl (C=O) groups is 2. The van der Waals surface area contributed by atoms with E-state index >= 15 is 0 Å². The Morgan fingerprint density at radius 3 is 2.23 bits per heavy atom. The van der Waals surface area contributed by atoms with Crippen LogP contribution in [-0.4, -0.2) is 57.1 Å². The second-order valence-electron chi connectivity index (χ2n) is 9.37. The van der Waals surface area contributed by atoms with Gasteiger partial charge in [0.2, 0.25) is 21.8 Å². The van der Waals surface area contributed by atoms with Crippen LogP contribution in [0.2, 0.25) is 0 Å². The standard InChI is InChI=1S/C27H39N3O4S/c1-7-24(27(32)28-18-20(2)3)29(17-16-23-13-9-8-10-14-23)26(31)19-30(35(6,33)34)25-15-11-12-21(4)22(25)5/h8-15,20,24H,7,16-19H2,1-6H3,(H,28,32). The third-order valence-corrected chi connectivity index (χ3v) is 7.21. The summed E-state index contributed by atoms with van der Waals surface area (Å²) in [5.41, 5.74) is 3.24. The van der Waals surface area contributed by atoms with Crippen LogP contribution in [0.1, 0.15) is 43.9 Å². The Morgan fingerprint density at radius 2 is 1.66 bits per heavy atom. The number of rotatable bonds is 12. The van der Waals surface area contributed by atoms with Crippen LogP contribution in [0.4, 0.5) is 5.69 Å². The number of nitrogens with one attached hydrogen (secondary N) is 1. The molecule has 0 spiro atoms. The maximum Gasteiger partial charge on any atom is 0.244 e. The Bertz CT molecular complexity index is 1100. The van der Waals surface area contributed by atoms with Crippen LogP contribution in [0.25, 0.3) is 0 Å². The molecule has 0 fully saturated rings. The molecule has 0 bridgehead atoms. The molecule has 0 aliphatic carbocycles. The summed E-state index contributed by atoms with van der Waals surface area (Å²) in [6.07, 6.45) is 2.08. The van der Waals surface area contributed by atoms with Crippen molar-refractivity contribution in [1.29, 1.82) is 0 Å². The van der Waals surface area contributed by atoms with E-state index in [0.717, 1.165) is 27.3 Å². The summed E-state index contributed by atoms with van der Waals surface area (Å²) < 4.78 is 26.7. The molecule has 7 nitrogen and oxygen atoms in total. The van der Waals surface area contributed by atoms with E-state index in [0.29, 0.717) is 31.6 Å². The first kappa shape index (κ1) is 28.4. The Kier molecular flexibility index (Phi) is 10.3. The van der Waals surface area contributed by atoms with Crippen molar-refractivity contribution < 1.29 is 18.0 Å². The fourth-order valence-electron chi connectivity index (χ4n) is 3.92. The molecule has 0 saturated carbocycles. The van der Waals surface area contributed by atoms with Gasteiger partial charge in [0.1, 0.15) is 12.6 Å². The summed E-state index contributed by atoms with van der Waals surface area (Å²) in [5.74, 6) is -0.353. The summed E-state index contributed by atoms with van der Waals surface area (Å²) in [6.45, 7) is 10.1. The maximum absolute atomic E-state index is 13.7. The fourth-order valence-corrected chi connectivity index (χ4v) is 4.82. The van der Waals surface area contributed by atoms with Gasteiger partial charge in [-0.15, -0.1) is 0 Å². The van der Waals surface area contributed by atoms with Crippen LogP contribution < -0.4 is 9.62 Å². The van der Waals surface area contributed by atoms with Crippen molar-refractivity contribution in [2.45, 2.75) is 53.5 Å². The second-order valence-corrected chi connectivity index (χ2v) is 11.3. The minimum Gasteiger partial charge on any atom is -0.354 e. The summed E-state index contributed by atoms with van der Waals surface area (Å²) in [7, 11) is -3.74. The molecular formula is C27H39N3O4S. The lowest BCUT2D eigenvalue weighted by Crippen LogP contribution is -2.53. The van der Waals surface area contributed by atoms with Crippen molar-refractivity contribution in [3.05, 3.63) is 65.2 Å². The molecule has 0 saturated heterocycles. The van der Waals surface area contributed by atoms with Crippen molar-refractivity contribution in [2.24, 2.45) is 5.92 Å². The van der Waals surface area contributed by atoms with Crippen LogP contribution in [0.3, 0.4) is 0 Å². The van der Waals surface area contributed by atoms with E-state index in [-0.39, 0.29) is 18.4 Å². The number of hydrogen-bond acceptors (Lipinski definition) is 4. The molecule has 1 atom stereocenters. The minimum absolute atomic E-state index is 0.222. The van der Waals surface area contributed by atoms with Crippen molar-refractivity contribution in [3.63, 3.8) is 0 Å². The zero-order valence-corrected chi connectivity index (χ0v) is 22.6. The highest BCUT2D eigenvalue weighted by atomic mass is 32.2. The van der Waals surface area contributed by atoms with E-state index in [1.165, 1.54) is 4.90 Å². The molecule has 2 aromatic carbocycles. The number of hydrogen-bond donors (Lipinski definition) is 1. The first-order valence-corrected chi connectivity index (χ1v) is 14.0. The first-order valence-electron chi connectivity index (χ1n) is 12.1. The normalized spacial score (nSPS) is 12.3. The number of amides is 2. The number of anilines is 1. The molecule has 2 amide bonds. The number of sulfonamides is 1. The van der Waals surface area contributed by atoms with Crippen molar-refractivity contribution >= 4 is 27.5 Å². The topological polar surface area (TPSA) is 86.8 Å². The summed E-state index contributed by atoms with van der Waals surface area (Å²) in [4.78, 5) is 28.3. The van der Waals surface area contributed by atoms with Crippen LogP contribution in [0.15, 0.2) is 48.5 Å². The van der Waals surface area contributed by atoms with Crippen molar-refractivity contribution in [3.8, 4) is 0 Å². The quantitative estimate of drug-likeness (QED) is 0.481.